The van der Waals surface area contributed by atoms with Crippen molar-refractivity contribution in [2.75, 3.05) is 39.9 Å². The van der Waals surface area contributed by atoms with Gasteiger partial charge >= 0.3 is 0 Å². The lowest BCUT2D eigenvalue weighted by atomic mass is 10.1. The first-order valence-corrected chi connectivity index (χ1v) is 9.00. The maximum atomic E-state index is 13.5. The van der Waals surface area contributed by atoms with Crippen LogP contribution in [0.4, 0.5) is 4.39 Å². The Hall–Kier alpha value is -2.15. The molecule has 1 rings (SSSR count). The van der Waals surface area contributed by atoms with Crippen molar-refractivity contribution in [3.05, 3.63) is 35.1 Å². The van der Waals surface area contributed by atoms with E-state index in [1.165, 1.54) is 6.07 Å². The molecule has 0 bridgehead atoms. The van der Waals surface area contributed by atoms with Gasteiger partial charge in [-0.1, -0.05) is 19.9 Å². The molecule has 1 aromatic carbocycles. The minimum atomic E-state index is -0.379. The molecule has 7 heteroatoms. The monoisotopic (exact) mass is 366 g/mol. The van der Waals surface area contributed by atoms with E-state index in [0.29, 0.717) is 49.2 Å². The van der Waals surface area contributed by atoms with Crippen molar-refractivity contribution < 1.29 is 13.9 Å². The fourth-order valence-corrected chi connectivity index (χ4v) is 2.08. The second kappa shape index (κ2) is 12.2. The highest BCUT2D eigenvalue weighted by atomic mass is 19.1. The minimum absolute atomic E-state index is 0.299. The first kappa shape index (κ1) is 21.9. The van der Waals surface area contributed by atoms with Crippen LogP contribution in [0.2, 0.25) is 0 Å². The van der Waals surface area contributed by atoms with Crippen LogP contribution in [0, 0.1) is 18.7 Å². The van der Waals surface area contributed by atoms with Crippen LogP contribution in [-0.4, -0.2) is 51.8 Å². The number of ether oxygens (including phenoxy) is 1. The molecule has 0 atom stereocenters. The van der Waals surface area contributed by atoms with E-state index in [9.17, 15) is 9.18 Å². The predicted molar refractivity (Wildman–Crippen MR) is 103 cm³/mol. The maximum absolute atomic E-state index is 13.5. The molecule has 0 heterocycles. The number of hydrogen-bond acceptors (Lipinski definition) is 3. The second-order valence-corrected chi connectivity index (χ2v) is 6.44. The van der Waals surface area contributed by atoms with Gasteiger partial charge < -0.3 is 20.7 Å². The van der Waals surface area contributed by atoms with E-state index in [1.54, 1.807) is 26.1 Å². The minimum Gasteiger partial charge on any atom is -0.380 e. The van der Waals surface area contributed by atoms with Crippen molar-refractivity contribution in [2.45, 2.75) is 27.2 Å². The molecule has 0 aliphatic carbocycles. The Labute approximate surface area is 155 Å². The van der Waals surface area contributed by atoms with E-state index >= 15 is 0 Å². The molecule has 0 spiro atoms. The molecule has 3 N–H and O–H groups in total. The third kappa shape index (κ3) is 8.80. The number of nitrogens with one attached hydrogen (secondary N) is 3. The normalized spacial score (nSPS) is 11.5. The van der Waals surface area contributed by atoms with Crippen molar-refractivity contribution in [3.8, 4) is 0 Å². The van der Waals surface area contributed by atoms with Crippen molar-refractivity contribution in [1.82, 2.24) is 16.0 Å². The Balaban J connectivity index is 2.18. The Bertz CT molecular complexity index is 591. The largest absolute Gasteiger partial charge is 0.380 e. The van der Waals surface area contributed by atoms with Crippen LogP contribution in [0.1, 0.15) is 36.2 Å². The first-order valence-electron chi connectivity index (χ1n) is 9.00. The summed E-state index contributed by atoms with van der Waals surface area (Å²) in [7, 11) is 1.68. The van der Waals surface area contributed by atoms with E-state index in [4.69, 9.17) is 4.74 Å². The Morgan fingerprint density at radius 3 is 2.50 bits per heavy atom. The molecule has 146 valence electrons. The highest BCUT2D eigenvalue weighted by Gasteiger charge is 2.07. The predicted octanol–water partition coefficient (Wildman–Crippen LogP) is 2.09. The summed E-state index contributed by atoms with van der Waals surface area (Å²) in [4.78, 5) is 16.1. The van der Waals surface area contributed by atoms with Gasteiger partial charge in [-0.2, -0.15) is 0 Å². The fraction of sp³-hybridized carbons (Fsp3) is 0.579. The molecule has 26 heavy (non-hydrogen) atoms. The van der Waals surface area contributed by atoms with Gasteiger partial charge in [-0.25, -0.2) is 4.39 Å². The molecule has 0 saturated heterocycles. The summed E-state index contributed by atoms with van der Waals surface area (Å²) in [6.07, 6.45) is 1.05. The third-order valence-electron chi connectivity index (χ3n) is 3.74. The third-order valence-corrected chi connectivity index (χ3v) is 3.74. The van der Waals surface area contributed by atoms with E-state index < -0.39 is 0 Å². The van der Waals surface area contributed by atoms with Crippen molar-refractivity contribution in [3.63, 3.8) is 0 Å². The average molecular weight is 366 g/mol. The molecule has 0 aliphatic rings. The number of carbonyl (C=O) groups is 1. The van der Waals surface area contributed by atoms with Crippen LogP contribution in [-0.2, 0) is 4.74 Å². The maximum Gasteiger partial charge on any atom is 0.251 e. The Morgan fingerprint density at radius 1 is 1.15 bits per heavy atom. The number of halogens is 1. The zero-order chi connectivity index (χ0) is 19.4. The number of rotatable bonds is 10. The summed E-state index contributed by atoms with van der Waals surface area (Å²) >= 11 is 0. The summed E-state index contributed by atoms with van der Waals surface area (Å²) < 4.78 is 19.0. The van der Waals surface area contributed by atoms with E-state index in [1.807, 2.05) is 0 Å². The molecule has 6 nitrogen and oxygen atoms in total. The average Bonchev–Trinajstić information content (AvgIpc) is 2.61. The lowest BCUT2D eigenvalue weighted by Crippen LogP contribution is -2.42. The van der Waals surface area contributed by atoms with Crippen molar-refractivity contribution >= 4 is 11.9 Å². The molecule has 0 aromatic heterocycles. The molecule has 0 unspecified atom stereocenters. The summed E-state index contributed by atoms with van der Waals surface area (Å²) in [5, 5.41) is 8.99. The van der Waals surface area contributed by atoms with E-state index in [0.717, 1.165) is 13.0 Å². The van der Waals surface area contributed by atoms with Gasteiger partial charge in [-0.3, -0.25) is 9.79 Å². The number of guanidine groups is 1. The topological polar surface area (TPSA) is 74.8 Å². The van der Waals surface area contributed by atoms with Crippen LogP contribution in [0.15, 0.2) is 23.2 Å². The summed E-state index contributed by atoms with van der Waals surface area (Å²) in [6.45, 7) is 8.94. The van der Waals surface area contributed by atoms with Gasteiger partial charge in [0.15, 0.2) is 5.96 Å². The van der Waals surface area contributed by atoms with Crippen LogP contribution in [0.3, 0.4) is 0 Å². The van der Waals surface area contributed by atoms with Crippen LogP contribution in [0.5, 0.6) is 0 Å². The molecule has 0 fully saturated rings. The summed E-state index contributed by atoms with van der Waals surface area (Å²) in [5.41, 5.74) is 0.834. The van der Waals surface area contributed by atoms with E-state index in [2.05, 4.69) is 34.8 Å². The highest BCUT2D eigenvalue weighted by Crippen LogP contribution is 2.08. The molecular weight excluding hydrogens is 335 g/mol. The number of amides is 1. The van der Waals surface area contributed by atoms with Gasteiger partial charge in [0.1, 0.15) is 5.82 Å². The number of nitrogens with zero attached hydrogens (tertiary/aromatic N) is 1. The molecular formula is C19H31FN4O2. The van der Waals surface area contributed by atoms with Crippen LogP contribution in [0.25, 0.3) is 0 Å². The van der Waals surface area contributed by atoms with Crippen molar-refractivity contribution in [1.29, 1.82) is 0 Å². The molecule has 1 amide bonds. The van der Waals surface area contributed by atoms with Gasteiger partial charge in [0.05, 0.1) is 6.61 Å². The first-order chi connectivity index (χ1) is 12.4. The number of benzene rings is 1. The zero-order valence-electron chi connectivity index (χ0n) is 16.2. The summed E-state index contributed by atoms with van der Waals surface area (Å²) in [5.74, 6) is 0.611. The van der Waals surface area contributed by atoms with Gasteiger partial charge in [-0.15, -0.1) is 0 Å². The van der Waals surface area contributed by atoms with Crippen LogP contribution < -0.4 is 16.0 Å². The Morgan fingerprint density at radius 2 is 1.85 bits per heavy atom. The van der Waals surface area contributed by atoms with Gasteiger partial charge in [0, 0.05) is 38.9 Å². The molecule has 0 radical (unpaired) electrons. The molecule has 0 aliphatic heterocycles. The van der Waals surface area contributed by atoms with Gasteiger partial charge in [0.2, 0.25) is 0 Å². The fourth-order valence-electron chi connectivity index (χ4n) is 2.08. The lowest BCUT2D eigenvalue weighted by molar-refractivity contribution is 0.0954. The second-order valence-electron chi connectivity index (χ2n) is 6.44. The number of aliphatic imine (C=N–C) groups is 1. The van der Waals surface area contributed by atoms with Gasteiger partial charge in [-0.05, 0) is 37.0 Å². The standard InChI is InChI=1S/C19H31FN4O2/c1-14(2)7-11-26-12-10-24-19(21-4)23-9-8-22-18(25)16-6-5-15(3)17(20)13-16/h5-6,13-14H,7-12H2,1-4H3,(H,22,25)(H2,21,23,24). The van der Waals surface area contributed by atoms with Crippen molar-refractivity contribution in [2.24, 2.45) is 10.9 Å². The number of hydrogen-bond donors (Lipinski definition) is 3. The number of carbonyl (C=O) groups excluding carboxylic acids is 1. The quantitative estimate of drug-likeness (QED) is 0.337. The van der Waals surface area contributed by atoms with Crippen LogP contribution >= 0.6 is 0 Å². The highest BCUT2D eigenvalue weighted by molar-refractivity contribution is 5.94. The number of aryl methyl sites for hydroxylation is 1. The zero-order valence-corrected chi connectivity index (χ0v) is 16.2. The van der Waals surface area contributed by atoms with Gasteiger partial charge in [0.25, 0.3) is 5.91 Å². The molecule has 0 saturated carbocycles. The SMILES string of the molecule is CN=C(NCCNC(=O)c1ccc(C)c(F)c1)NCCOCCC(C)C. The summed E-state index contributed by atoms with van der Waals surface area (Å²) in [6, 6.07) is 4.45. The lowest BCUT2D eigenvalue weighted by Gasteiger charge is -2.13. The molecule has 1 aromatic rings. The Kier molecular flexibility index (Phi) is 10.3. The smallest absolute Gasteiger partial charge is 0.251 e. The van der Waals surface area contributed by atoms with E-state index in [-0.39, 0.29) is 11.7 Å².